The molecule has 0 atom stereocenters. The van der Waals surface area contributed by atoms with Crippen molar-refractivity contribution in [1.29, 1.82) is 0 Å². The van der Waals surface area contributed by atoms with Crippen molar-refractivity contribution in [2.45, 2.75) is 32.8 Å². The van der Waals surface area contributed by atoms with Crippen LogP contribution in [0, 0.1) is 0 Å². The summed E-state index contributed by atoms with van der Waals surface area (Å²) in [4.78, 5) is 11.1. The molecule has 3 heteroatoms. The minimum Gasteiger partial charge on any atom is -0.479 e. The van der Waals surface area contributed by atoms with E-state index in [0.29, 0.717) is 5.75 Å². The minimum absolute atomic E-state index is 0.496. The third kappa shape index (κ3) is 3.24. The van der Waals surface area contributed by atoms with E-state index in [1.165, 1.54) is 5.56 Å². The average Bonchev–Trinajstić information content (AvgIpc) is 2.17. The van der Waals surface area contributed by atoms with Gasteiger partial charge in [0, 0.05) is 0 Å². The van der Waals surface area contributed by atoms with E-state index >= 15 is 0 Å². The van der Waals surface area contributed by atoms with Crippen molar-refractivity contribution in [3.63, 3.8) is 0 Å². The highest BCUT2D eigenvalue weighted by Gasteiger charge is 2.27. The standard InChI is InChI=1S/C12H15ClO2/c1-4-9-6-5-7-10(8-9)15-12(2,3)11(13)14/h5-8H,4H2,1-3H3. The van der Waals surface area contributed by atoms with Crippen molar-refractivity contribution < 1.29 is 9.53 Å². The molecule has 0 saturated heterocycles. The first-order chi connectivity index (χ1) is 6.95. The second-order valence-corrected chi connectivity index (χ2v) is 4.23. The van der Waals surface area contributed by atoms with Gasteiger partial charge in [-0.15, -0.1) is 0 Å². The van der Waals surface area contributed by atoms with Crippen LogP contribution in [0.25, 0.3) is 0 Å². The third-order valence-corrected chi connectivity index (χ3v) is 2.61. The molecule has 82 valence electrons. The molecule has 0 aliphatic carbocycles. The monoisotopic (exact) mass is 226 g/mol. The first-order valence-corrected chi connectivity index (χ1v) is 5.31. The van der Waals surface area contributed by atoms with E-state index in [2.05, 4.69) is 6.92 Å². The molecule has 0 bridgehead atoms. The maximum absolute atomic E-state index is 11.1. The van der Waals surface area contributed by atoms with E-state index in [1.807, 2.05) is 24.3 Å². The van der Waals surface area contributed by atoms with Crippen LogP contribution in [0.5, 0.6) is 5.75 Å². The number of halogens is 1. The van der Waals surface area contributed by atoms with Crippen LogP contribution in [0.1, 0.15) is 26.3 Å². The van der Waals surface area contributed by atoms with E-state index in [0.717, 1.165) is 6.42 Å². The van der Waals surface area contributed by atoms with Crippen LogP contribution in [-0.2, 0) is 11.2 Å². The molecule has 0 amide bonds. The predicted molar refractivity (Wildman–Crippen MR) is 61.4 cm³/mol. The fourth-order valence-corrected chi connectivity index (χ4v) is 1.20. The molecule has 0 aromatic heterocycles. The lowest BCUT2D eigenvalue weighted by Gasteiger charge is -2.22. The summed E-state index contributed by atoms with van der Waals surface area (Å²) in [5.41, 5.74) is 0.193. The van der Waals surface area contributed by atoms with Crippen molar-refractivity contribution >= 4 is 16.8 Å². The molecule has 0 spiro atoms. The fourth-order valence-electron chi connectivity index (χ4n) is 1.16. The number of carbonyl (C=O) groups excluding carboxylic acids is 1. The number of aryl methyl sites for hydroxylation is 1. The van der Waals surface area contributed by atoms with Gasteiger partial charge >= 0.3 is 0 Å². The second kappa shape index (κ2) is 4.67. The zero-order chi connectivity index (χ0) is 11.5. The molecule has 0 saturated carbocycles. The molecule has 0 aliphatic rings. The number of hydrogen-bond donors (Lipinski definition) is 0. The Kier molecular flexibility index (Phi) is 3.75. The predicted octanol–water partition coefficient (Wildman–Crippen LogP) is 3.17. The molecule has 0 aliphatic heterocycles. The van der Waals surface area contributed by atoms with Gasteiger partial charge in [0.1, 0.15) is 5.75 Å². The SMILES string of the molecule is CCc1cccc(OC(C)(C)C(=O)Cl)c1. The highest BCUT2D eigenvalue weighted by Crippen LogP contribution is 2.21. The largest absolute Gasteiger partial charge is 0.479 e. The Labute approximate surface area is 95.2 Å². The summed E-state index contributed by atoms with van der Waals surface area (Å²) in [7, 11) is 0. The van der Waals surface area contributed by atoms with Crippen molar-refractivity contribution in [1.82, 2.24) is 0 Å². The van der Waals surface area contributed by atoms with Crippen LogP contribution >= 0.6 is 11.6 Å². The number of benzene rings is 1. The fraction of sp³-hybridized carbons (Fsp3) is 0.417. The number of carbonyl (C=O) groups is 1. The lowest BCUT2D eigenvalue weighted by molar-refractivity contribution is -0.123. The first-order valence-electron chi connectivity index (χ1n) is 4.93. The van der Waals surface area contributed by atoms with E-state index in [4.69, 9.17) is 16.3 Å². The van der Waals surface area contributed by atoms with Gasteiger partial charge in [0.25, 0.3) is 5.24 Å². The van der Waals surface area contributed by atoms with E-state index in [9.17, 15) is 4.79 Å². The van der Waals surface area contributed by atoms with Crippen LogP contribution < -0.4 is 4.74 Å². The van der Waals surface area contributed by atoms with Crippen molar-refractivity contribution in [3.8, 4) is 5.75 Å². The topological polar surface area (TPSA) is 26.3 Å². The maximum Gasteiger partial charge on any atom is 0.264 e. The molecule has 15 heavy (non-hydrogen) atoms. The van der Waals surface area contributed by atoms with Crippen LogP contribution in [-0.4, -0.2) is 10.8 Å². The molecule has 0 fully saturated rings. The highest BCUT2D eigenvalue weighted by molar-refractivity contribution is 6.65. The summed E-state index contributed by atoms with van der Waals surface area (Å²) >= 11 is 5.43. The molecule has 0 radical (unpaired) electrons. The van der Waals surface area contributed by atoms with E-state index in [-0.39, 0.29) is 0 Å². The first kappa shape index (κ1) is 12.1. The third-order valence-electron chi connectivity index (χ3n) is 2.15. The van der Waals surface area contributed by atoms with Gasteiger partial charge in [-0.25, -0.2) is 0 Å². The molecule has 1 rings (SSSR count). The zero-order valence-electron chi connectivity index (χ0n) is 9.21. The summed E-state index contributed by atoms with van der Waals surface area (Å²) in [6.45, 7) is 5.37. The summed E-state index contributed by atoms with van der Waals surface area (Å²) in [6, 6.07) is 7.66. The van der Waals surface area contributed by atoms with E-state index in [1.54, 1.807) is 13.8 Å². The molecular weight excluding hydrogens is 212 g/mol. The Bertz CT molecular complexity index is 358. The van der Waals surface area contributed by atoms with Crippen molar-refractivity contribution in [2.24, 2.45) is 0 Å². The lowest BCUT2D eigenvalue weighted by Crippen LogP contribution is -2.34. The summed E-state index contributed by atoms with van der Waals surface area (Å²) in [5.74, 6) is 0.674. The summed E-state index contributed by atoms with van der Waals surface area (Å²) < 4.78 is 5.52. The Balaban J connectivity index is 2.85. The van der Waals surface area contributed by atoms with Gasteiger partial charge < -0.3 is 4.74 Å². The molecular formula is C12H15ClO2. The summed E-state index contributed by atoms with van der Waals surface area (Å²) in [6.07, 6.45) is 0.937. The van der Waals surface area contributed by atoms with Gasteiger partial charge in [0.2, 0.25) is 0 Å². The normalized spacial score (nSPS) is 11.2. The van der Waals surface area contributed by atoms with Gasteiger partial charge in [-0.05, 0) is 49.6 Å². The van der Waals surface area contributed by atoms with Crippen molar-refractivity contribution in [3.05, 3.63) is 29.8 Å². The Morgan fingerprint density at radius 1 is 1.47 bits per heavy atom. The molecule has 0 heterocycles. The maximum atomic E-state index is 11.1. The van der Waals surface area contributed by atoms with Crippen LogP contribution in [0.3, 0.4) is 0 Å². The van der Waals surface area contributed by atoms with Gasteiger partial charge in [-0.3, -0.25) is 4.79 Å². The van der Waals surface area contributed by atoms with Crippen molar-refractivity contribution in [2.75, 3.05) is 0 Å². The van der Waals surface area contributed by atoms with Crippen LogP contribution in [0.4, 0.5) is 0 Å². The number of ether oxygens (including phenoxy) is 1. The smallest absolute Gasteiger partial charge is 0.264 e. The molecule has 0 unspecified atom stereocenters. The second-order valence-electron chi connectivity index (χ2n) is 3.89. The quantitative estimate of drug-likeness (QED) is 0.738. The lowest BCUT2D eigenvalue weighted by atomic mass is 10.1. The zero-order valence-corrected chi connectivity index (χ0v) is 9.97. The van der Waals surface area contributed by atoms with Crippen LogP contribution in [0.15, 0.2) is 24.3 Å². The Morgan fingerprint density at radius 2 is 2.13 bits per heavy atom. The highest BCUT2D eigenvalue weighted by atomic mass is 35.5. The summed E-state index contributed by atoms with van der Waals surface area (Å²) in [5, 5.41) is -0.496. The number of rotatable bonds is 4. The van der Waals surface area contributed by atoms with Gasteiger partial charge in [0.15, 0.2) is 5.60 Å². The van der Waals surface area contributed by atoms with Gasteiger partial charge in [-0.2, -0.15) is 0 Å². The Morgan fingerprint density at radius 3 is 2.67 bits per heavy atom. The Hall–Kier alpha value is -1.02. The van der Waals surface area contributed by atoms with Crippen LogP contribution in [0.2, 0.25) is 0 Å². The van der Waals surface area contributed by atoms with Gasteiger partial charge in [0.05, 0.1) is 0 Å². The van der Waals surface area contributed by atoms with Gasteiger partial charge in [-0.1, -0.05) is 19.1 Å². The average molecular weight is 227 g/mol. The molecule has 0 N–H and O–H groups in total. The molecule has 2 nitrogen and oxygen atoms in total. The molecule has 1 aromatic rings. The van der Waals surface area contributed by atoms with E-state index < -0.39 is 10.8 Å². The number of hydrogen-bond acceptors (Lipinski definition) is 2. The molecule has 1 aromatic carbocycles. The minimum atomic E-state index is -0.978.